The van der Waals surface area contributed by atoms with Crippen molar-refractivity contribution in [1.82, 2.24) is 0 Å². The Morgan fingerprint density at radius 3 is 2.40 bits per heavy atom. The number of nitrogens with one attached hydrogen (secondary N) is 1. The lowest BCUT2D eigenvalue weighted by molar-refractivity contribution is -0.111. The lowest BCUT2D eigenvalue weighted by Gasteiger charge is -2.07. The average Bonchev–Trinajstić information content (AvgIpc) is 2.83. The first-order valence-corrected chi connectivity index (χ1v) is 6.70. The Kier molecular flexibility index (Phi) is 4.41. The van der Waals surface area contributed by atoms with Crippen LogP contribution in [0.2, 0.25) is 0 Å². The van der Waals surface area contributed by atoms with Gasteiger partial charge in [-0.15, -0.1) is 0 Å². The zero-order chi connectivity index (χ0) is 14.5. The van der Waals surface area contributed by atoms with Crippen molar-refractivity contribution in [2.24, 2.45) is 0 Å². The van der Waals surface area contributed by atoms with Crippen molar-refractivity contribution < 1.29 is 9.21 Å². The Morgan fingerprint density at radius 2 is 1.85 bits per heavy atom. The Hall–Kier alpha value is -2.29. The average molecular weight is 269 g/mol. The van der Waals surface area contributed by atoms with Crippen LogP contribution in [0.3, 0.4) is 0 Å². The minimum absolute atomic E-state index is 0.170. The van der Waals surface area contributed by atoms with Crippen molar-refractivity contribution in [3.63, 3.8) is 0 Å². The lowest BCUT2D eigenvalue weighted by atomic mass is 10.0. The molecule has 0 aliphatic rings. The fraction of sp³-hybridized carbons (Fsp3) is 0.235. The fourth-order valence-corrected chi connectivity index (χ4v) is 1.84. The molecule has 0 aliphatic heterocycles. The zero-order valence-corrected chi connectivity index (χ0v) is 12.0. The summed E-state index contributed by atoms with van der Waals surface area (Å²) in [5, 5.41) is 2.82. The molecule has 0 saturated heterocycles. The van der Waals surface area contributed by atoms with E-state index in [0.717, 1.165) is 11.4 Å². The molecule has 0 saturated carbocycles. The Bertz CT molecular complexity index is 606. The van der Waals surface area contributed by atoms with Crippen LogP contribution in [0.1, 0.15) is 36.8 Å². The highest BCUT2D eigenvalue weighted by Gasteiger charge is 2.01. The van der Waals surface area contributed by atoms with E-state index in [1.807, 2.05) is 43.3 Å². The van der Waals surface area contributed by atoms with Gasteiger partial charge in [0.1, 0.15) is 11.5 Å². The summed E-state index contributed by atoms with van der Waals surface area (Å²) < 4.78 is 5.36. The summed E-state index contributed by atoms with van der Waals surface area (Å²) >= 11 is 0. The van der Waals surface area contributed by atoms with Gasteiger partial charge >= 0.3 is 0 Å². The molecule has 0 unspecified atom stereocenters. The molecule has 20 heavy (non-hydrogen) atoms. The van der Waals surface area contributed by atoms with Crippen molar-refractivity contribution >= 4 is 17.7 Å². The van der Waals surface area contributed by atoms with Crippen molar-refractivity contribution in [2.75, 3.05) is 5.32 Å². The van der Waals surface area contributed by atoms with Gasteiger partial charge in [-0.2, -0.15) is 0 Å². The van der Waals surface area contributed by atoms with E-state index in [4.69, 9.17) is 4.42 Å². The van der Waals surface area contributed by atoms with Gasteiger partial charge in [-0.3, -0.25) is 4.79 Å². The van der Waals surface area contributed by atoms with Gasteiger partial charge in [-0.25, -0.2) is 0 Å². The molecule has 0 atom stereocenters. The molecule has 0 bridgehead atoms. The number of aryl methyl sites for hydroxylation is 1. The second-order valence-corrected chi connectivity index (χ2v) is 5.05. The summed E-state index contributed by atoms with van der Waals surface area (Å²) in [6, 6.07) is 11.6. The molecule has 0 aliphatic carbocycles. The lowest BCUT2D eigenvalue weighted by Crippen LogP contribution is -2.07. The molecular formula is C17H19NO2. The van der Waals surface area contributed by atoms with E-state index in [0.29, 0.717) is 11.7 Å². The van der Waals surface area contributed by atoms with E-state index < -0.39 is 0 Å². The first-order valence-electron chi connectivity index (χ1n) is 6.70. The summed E-state index contributed by atoms with van der Waals surface area (Å²) in [4.78, 5) is 11.8. The molecule has 1 aromatic carbocycles. The smallest absolute Gasteiger partial charge is 0.248 e. The minimum Gasteiger partial charge on any atom is -0.462 e. The Labute approximate surface area is 119 Å². The number of amides is 1. The van der Waals surface area contributed by atoms with Gasteiger partial charge in [0.2, 0.25) is 5.91 Å². The molecule has 0 radical (unpaired) electrons. The van der Waals surface area contributed by atoms with Crippen LogP contribution in [0.5, 0.6) is 0 Å². The van der Waals surface area contributed by atoms with Crippen molar-refractivity contribution in [2.45, 2.75) is 26.7 Å². The number of carbonyl (C=O) groups excluding carboxylic acids is 1. The molecule has 104 valence electrons. The van der Waals surface area contributed by atoms with E-state index >= 15 is 0 Å². The van der Waals surface area contributed by atoms with Crippen LogP contribution in [0.25, 0.3) is 6.08 Å². The quantitative estimate of drug-likeness (QED) is 0.838. The topological polar surface area (TPSA) is 42.2 Å². The normalized spacial score (nSPS) is 11.2. The van der Waals surface area contributed by atoms with Crippen LogP contribution < -0.4 is 5.32 Å². The third-order valence-electron chi connectivity index (χ3n) is 3.01. The molecule has 1 amide bonds. The summed E-state index contributed by atoms with van der Waals surface area (Å²) in [5.41, 5.74) is 2.05. The van der Waals surface area contributed by atoms with E-state index in [2.05, 4.69) is 19.2 Å². The van der Waals surface area contributed by atoms with Crippen LogP contribution in [0, 0.1) is 6.92 Å². The van der Waals surface area contributed by atoms with Gasteiger partial charge < -0.3 is 9.73 Å². The number of anilines is 1. The Balaban J connectivity index is 1.95. The van der Waals surface area contributed by atoms with Crippen LogP contribution in [0.4, 0.5) is 5.69 Å². The molecule has 0 fully saturated rings. The molecule has 1 heterocycles. The van der Waals surface area contributed by atoms with Gasteiger partial charge in [0.25, 0.3) is 0 Å². The van der Waals surface area contributed by atoms with Crippen molar-refractivity contribution in [3.8, 4) is 0 Å². The predicted molar refractivity (Wildman–Crippen MR) is 81.6 cm³/mol. The van der Waals surface area contributed by atoms with Gasteiger partial charge in [0.15, 0.2) is 0 Å². The zero-order valence-electron chi connectivity index (χ0n) is 12.0. The number of benzene rings is 1. The van der Waals surface area contributed by atoms with Gasteiger partial charge in [0, 0.05) is 11.8 Å². The number of furan rings is 1. The third kappa shape index (κ3) is 3.85. The number of hydrogen-bond donors (Lipinski definition) is 1. The molecule has 3 heteroatoms. The molecule has 2 aromatic rings. The maximum absolute atomic E-state index is 11.8. The molecule has 3 nitrogen and oxygen atoms in total. The maximum Gasteiger partial charge on any atom is 0.248 e. The fourth-order valence-electron chi connectivity index (χ4n) is 1.84. The summed E-state index contributed by atoms with van der Waals surface area (Å²) in [6.45, 7) is 6.15. The van der Waals surface area contributed by atoms with Crippen molar-refractivity contribution in [1.29, 1.82) is 0 Å². The highest BCUT2D eigenvalue weighted by molar-refractivity contribution is 6.01. The van der Waals surface area contributed by atoms with E-state index in [-0.39, 0.29) is 5.91 Å². The van der Waals surface area contributed by atoms with E-state index in [9.17, 15) is 4.79 Å². The largest absolute Gasteiger partial charge is 0.462 e. The van der Waals surface area contributed by atoms with Gasteiger partial charge in [-0.1, -0.05) is 26.0 Å². The van der Waals surface area contributed by atoms with Gasteiger partial charge in [0.05, 0.1) is 0 Å². The van der Waals surface area contributed by atoms with Crippen LogP contribution >= 0.6 is 0 Å². The molecule has 0 spiro atoms. The summed E-state index contributed by atoms with van der Waals surface area (Å²) in [7, 11) is 0. The van der Waals surface area contributed by atoms with Crippen LogP contribution in [-0.2, 0) is 4.79 Å². The first-order chi connectivity index (χ1) is 9.54. The van der Waals surface area contributed by atoms with E-state index in [1.54, 1.807) is 6.08 Å². The monoisotopic (exact) mass is 269 g/mol. The second kappa shape index (κ2) is 6.24. The predicted octanol–water partition coefficient (Wildman–Crippen LogP) is 4.36. The highest BCUT2D eigenvalue weighted by Crippen LogP contribution is 2.17. The molecule has 2 rings (SSSR count). The van der Waals surface area contributed by atoms with E-state index in [1.165, 1.54) is 11.6 Å². The minimum atomic E-state index is -0.170. The van der Waals surface area contributed by atoms with Crippen LogP contribution in [-0.4, -0.2) is 5.91 Å². The number of hydrogen-bond acceptors (Lipinski definition) is 2. The second-order valence-electron chi connectivity index (χ2n) is 5.05. The molecular weight excluding hydrogens is 250 g/mol. The maximum atomic E-state index is 11.8. The molecule has 1 aromatic heterocycles. The number of carbonyl (C=O) groups is 1. The SMILES string of the molecule is Cc1ccc(C=CC(=O)Nc2ccc(C(C)C)cc2)o1. The first kappa shape index (κ1) is 14.1. The molecule has 1 N–H and O–H groups in total. The Morgan fingerprint density at radius 1 is 1.15 bits per heavy atom. The van der Waals surface area contributed by atoms with Crippen LogP contribution in [0.15, 0.2) is 46.9 Å². The summed E-state index contributed by atoms with van der Waals surface area (Å²) in [6.07, 6.45) is 3.12. The third-order valence-corrected chi connectivity index (χ3v) is 3.01. The van der Waals surface area contributed by atoms with Crippen molar-refractivity contribution in [3.05, 3.63) is 59.6 Å². The standard InChI is InChI=1S/C17H19NO2/c1-12(2)14-5-7-15(8-6-14)18-17(19)11-10-16-9-4-13(3)20-16/h4-12H,1-3H3,(H,18,19). The number of rotatable bonds is 4. The highest BCUT2D eigenvalue weighted by atomic mass is 16.3. The van der Waals surface area contributed by atoms with Gasteiger partial charge in [-0.05, 0) is 48.7 Å². The summed E-state index contributed by atoms with van der Waals surface area (Å²) in [5.74, 6) is 1.82.